The van der Waals surface area contributed by atoms with E-state index in [0.29, 0.717) is 5.92 Å². The molecule has 1 aliphatic rings. The fourth-order valence-corrected chi connectivity index (χ4v) is 2.74. The molecule has 0 saturated heterocycles. The van der Waals surface area contributed by atoms with Gasteiger partial charge in [0.25, 0.3) is 0 Å². The minimum absolute atomic E-state index is 0.570. The summed E-state index contributed by atoms with van der Waals surface area (Å²) in [7, 11) is 0. The zero-order valence-electron chi connectivity index (χ0n) is 12.5. The van der Waals surface area contributed by atoms with Gasteiger partial charge in [-0.3, -0.25) is 4.99 Å². The van der Waals surface area contributed by atoms with Gasteiger partial charge in [-0.15, -0.1) is 0 Å². The third-order valence-electron chi connectivity index (χ3n) is 4.21. The highest BCUT2D eigenvalue weighted by atomic mass is 14.8. The van der Waals surface area contributed by atoms with E-state index in [0.717, 1.165) is 19.4 Å². The summed E-state index contributed by atoms with van der Waals surface area (Å²) in [5.41, 5.74) is 6.45. The van der Waals surface area contributed by atoms with Crippen molar-refractivity contribution in [3.05, 3.63) is 72.3 Å². The van der Waals surface area contributed by atoms with E-state index in [4.69, 9.17) is 0 Å². The van der Waals surface area contributed by atoms with Crippen LogP contribution in [0.5, 0.6) is 0 Å². The van der Waals surface area contributed by atoms with Crippen LogP contribution in [0.4, 0.5) is 0 Å². The third kappa shape index (κ3) is 3.30. The van der Waals surface area contributed by atoms with Crippen LogP contribution in [0.25, 0.3) is 11.1 Å². The summed E-state index contributed by atoms with van der Waals surface area (Å²) in [4.78, 5) is 4.65. The standard InChI is InChI=1S/C20H21N/c1-15-12-20(21-14-16(15)2)13-17-8-10-19(11-9-17)18-6-4-3-5-7-18/h3-11,15H,2,12-14H2,1H3/t15-/m1/s1. The molecule has 2 aromatic carbocycles. The Labute approximate surface area is 127 Å². The van der Waals surface area contributed by atoms with Crippen LogP contribution in [-0.2, 0) is 6.42 Å². The molecule has 0 bridgehead atoms. The predicted molar refractivity (Wildman–Crippen MR) is 90.8 cm³/mol. The maximum atomic E-state index is 4.65. The summed E-state index contributed by atoms with van der Waals surface area (Å²) in [6.45, 7) is 7.12. The van der Waals surface area contributed by atoms with Gasteiger partial charge in [-0.05, 0) is 29.0 Å². The summed E-state index contributed by atoms with van der Waals surface area (Å²) < 4.78 is 0. The highest BCUT2D eigenvalue weighted by Crippen LogP contribution is 2.23. The van der Waals surface area contributed by atoms with Crippen molar-refractivity contribution >= 4 is 5.71 Å². The highest BCUT2D eigenvalue weighted by Gasteiger charge is 2.15. The van der Waals surface area contributed by atoms with E-state index in [-0.39, 0.29) is 0 Å². The molecule has 3 rings (SSSR count). The van der Waals surface area contributed by atoms with Gasteiger partial charge >= 0.3 is 0 Å². The predicted octanol–water partition coefficient (Wildman–Crippen LogP) is 4.93. The fourth-order valence-electron chi connectivity index (χ4n) is 2.74. The first kappa shape index (κ1) is 13.8. The van der Waals surface area contributed by atoms with Gasteiger partial charge < -0.3 is 0 Å². The van der Waals surface area contributed by atoms with Crippen LogP contribution in [0.3, 0.4) is 0 Å². The smallest absolute Gasteiger partial charge is 0.0599 e. The molecule has 0 aromatic heterocycles. The van der Waals surface area contributed by atoms with E-state index >= 15 is 0 Å². The Morgan fingerprint density at radius 2 is 1.67 bits per heavy atom. The van der Waals surface area contributed by atoms with Crippen molar-refractivity contribution in [3.63, 3.8) is 0 Å². The summed E-state index contributed by atoms with van der Waals surface area (Å²) in [5, 5.41) is 0. The first-order chi connectivity index (χ1) is 10.2. The van der Waals surface area contributed by atoms with Gasteiger partial charge in [0.15, 0.2) is 0 Å². The molecule has 106 valence electrons. The van der Waals surface area contributed by atoms with E-state index in [2.05, 4.69) is 67.0 Å². The molecule has 0 amide bonds. The number of rotatable bonds is 3. The quantitative estimate of drug-likeness (QED) is 0.704. The molecular formula is C20H21N. The lowest BCUT2D eigenvalue weighted by atomic mass is 9.90. The molecule has 21 heavy (non-hydrogen) atoms. The van der Waals surface area contributed by atoms with Crippen LogP contribution in [0, 0.1) is 5.92 Å². The first-order valence-electron chi connectivity index (χ1n) is 7.56. The Morgan fingerprint density at radius 1 is 1.00 bits per heavy atom. The van der Waals surface area contributed by atoms with Gasteiger partial charge in [-0.2, -0.15) is 0 Å². The molecule has 0 saturated carbocycles. The van der Waals surface area contributed by atoms with Crippen LogP contribution in [-0.4, -0.2) is 12.3 Å². The molecule has 1 heterocycles. The second-order valence-electron chi connectivity index (χ2n) is 5.89. The van der Waals surface area contributed by atoms with Gasteiger partial charge in [0, 0.05) is 12.1 Å². The average molecular weight is 275 g/mol. The molecular weight excluding hydrogens is 254 g/mol. The monoisotopic (exact) mass is 275 g/mol. The van der Waals surface area contributed by atoms with E-state index in [9.17, 15) is 0 Å². The zero-order chi connectivity index (χ0) is 14.7. The average Bonchev–Trinajstić information content (AvgIpc) is 2.53. The van der Waals surface area contributed by atoms with Crippen molar-refractivity contribution in [3.8, 4) is 11.1 Å². The first-order valence-corrected chi connectivity index (χ1v) is 7.56. The summed E-state index contributed by atoms with van der Waals surface area (Å²) in [6, 6.07) is 19.3. The number of hydrogen-bond acceptors (Lipinski definition) is 1. The molecule has 0 spiro atoms. The Morgan fingerprint density at radius 3 is 2.33 bits per heavy atom. The lowest BCUT2D eigenvalue weighted by Crippen LogP contribution is -2.17. The van der Waals surface area contributed by atoms with Crippen molar-refractivity contribution in [1.82, 2.24) is 0 Å². The van der Waals surface area contributed by atoms with Crippen molar-refractivity contribution in [2.24, 2.45) is 10.9 Å². The summed E-state index contributed by atoms with van der Waals surface area (Å²) in [5.74, 6) is 0.570. The molecule has 1 atom stereocenters. The van der Waals surface area contributed by atoms with Crippen LogP contribution in [0.15, 0.2) is 71.7 Å². The number of nitrogens with zero attached hydrogens (tertiary/aromatic N) is 1. The summed E-state index contributed by atoms with van der Waals surface area (Å²) >= 11 is 0. The van der Waals surface area contributed by atoms with E-state index < -0.39 is 0 Å². The van der Waals surface area contributed by atoms with Gasteiger partial charge in [0.1, 0.15) is 0 Å². The molecule has 1 heteroatoms. The number of aliphatic imine (C=N–C) groups is 1. The molecule has 0 N–H and O–H groups in total. The lowest BCUT2D eigenvalue weighted by Gasteiger charge is -2.20. The second kappa shape index (κ2) is 6.09. The molecule has 0 aliphatic carbocycles. The van der Waals surface area contributed by atoms with Crippen LogP contribution < -0.4 is 0 Å². The van der Waals surface area contributed by atoms with Gasteiger partial charge in [0.2, 0.25) is 0 Å². The molecule has 1 nitrogen and oxygen atoms in total. The molecule has 0 fully saturated rings. The fraction of sp³-hybridized carbons (Fsp3) is 0.250. The SMILES string of the molecule is C=C1CN=C(Cc2ccc(-c3ccccc3)cc2)C[C@H]1C. The van der Waals surface area contributed by atoms with Crippen molar-refractivity contribution in [2.45, 2.75) is 19.8 Å². The largest absolute Gasteiger partial charge is 0.289 e. The molecule has 1 aliphatic heterocycles. The van der Waals surface area contributed by atoms with Gasteiger partial charge in [-0.25, -0.2) is 0 Å². The van der Waals surface area contributed by atoms with E-state index in [1.165, 1.54) is 28.0 Å². The Hall–Kier alpha value is -2.15. The Bertz CT molecular complexity index is 650. The topological polar surface area (TPSA) is 12.4 Å². The minimum atomic E-state index is 0.570. The van der Waals surface area contributed by atoms with Crippen LogP contribution in [0.1, 0.15) is 18.9 Å². The highest BCUT2D eigenvalue weighted by molar-refractivity contribution is 5.88. The lowest BCUT2D eigenvalue weighted by molar-refractivity contribution is 0.671. The second-order valence-corrected chi connectivity index (χ2v) is 5.89. The maximum Gasteiger partial charge on any atom is 0.0599 e. The van der Waals surface area contributed by atoms with Crippen molar-refractivity contribution < 1.29 is 0 Å². The summed E-state index contributed by atoms with van der Waals surface area (Å²) in [6.07, 6.45) is 2.02. The maximum absolute atomic E-state index is 4.65. The normalized spacial score (nSPS) is 18.4. The van der Waals surface area contributed by atoms with Gasteiger partial charge in [0.05, 0.1) is 6.54 Å². The molecule has 0 radical (unpaired) electrons. The molecule has 0 unspecified atom stereocenters. The van der Waals surface area contributed by atoms with Crippen molar-refractivity contribution in [2.75, 3.05) is 6.54 Å². The van der Waals surface area contributed by atoms with Crippen molar-refractivity contribution in [1.29, 1.82) is 0 Å². The minimum Gasteiger partial charge on any atom is -0.289 e. The molecule has 2 aromatic rings. The Balaban J connectivity index is 1.72. The van der Waals surface area contributed by atoms with Crippen LogP contribution in [0.2, 0.25) is 0 Å². The van der Waals surface area contributed by atoms with E-state index in [1.807, 2.05) is 6.07 Å². The van der Waals surface area contributed by atoms with Gasteiger partial charge in [-0.1, -0.05) is 73.7 Å². The third-order valence-corrected chi connectivity index (χ3v) is 4.21. The Kier molecular flexibility index (Phi) is 4.01. The van der Waals surface area contributed by atoms with Crippen LogP contribution >= 0.6 is 0 Å². The number of hydrogen-bond donors (Lipinski definition) is 0. The number of benzene rings is 2. The zero-order valence-corrected chi connectivity index (χ0v) is 12.5. The van der Waals surface area contributed by atoms with E-state index in [1.54, 1.807) is 0 Å².